The summed E-state index contributed by atoms with van der Waals surface area (Å²) in [6, 6.07) is 3.49. The van der Waals surface area contributed by atoms with Gasteiger partial charge in [-0.3, -0.25) is 4.79 Å². The van der Waals surface area contributed by atoms with E-state index in [4.69, 9.17) is 9.47 Å². The van der Waals surface area contributed by atoms with Gasteiger partial charge in [0.25, 0.3) is 0 Å². The van der Waals surface area contributed by atoms with E-state index >= 15 is 0 Å². The van der Waals surface area contributed by atoms with Crippen molar-refractivity contribution in [2.75, 3.05) is 13.9 Å². The van der Waals surface area contributed by atoms with Gasteiger partial charge in [0.05, 0.1) is 10.0 Å². The number of hydrogen-bond acceptors (Lipinski definition) is 3. The largest absolute Gasteiger partial charge is 0.466 e. The molecule has 0 heterocycles. The molecule has 0 saturated carbocycles. The molecule has 0 aliphatic heterocycles. The highest BCUT2D eigenvalue weighted by atomic mass is 79.9. The van der Waals surface area contributed by atoms with E-state index < -0.39 is 0 Å². The molecule has 0 radical (unpaired) electrons. The van der Waals surface area contributed by atoms with Gasteiger partial charge in [-0.25, -0.2) is 0 Å². The third-order valence-electron chi connectivity index (χ3n) is 1.49. The van der Waals surface area contributed by atoms with E-state index in [-0.39, 0.29) is 6.79 Å². The molecule has 1 aromatic rings. The van der Waals surface area contributed by atoms with Crippen LogP contribution in [0.15, 0.2) is 21.1 Å². The zero-order chi connectivity index (χ0) is 10.6. The Labute approximate surface area is 98.6 Å². The highest BCUT2D eigenvalue weighted by Crippen LogP contribution is 2.31. The number of hydrogen-bond donors (Lipinski definition) is 0. The van der Waals surface area contributed by atoms with Crippen LogP contribution < -0.4 is 4.74 Å². The van der Waals surface area contributed by atoms with E-state index in [1.807, 2.05) is 0 Å². The molecule has 0 unspecified atom stereocenters. The van der Waals surface area contributed by atoms with E-state index in [2.05, 4.69) is 31.9 Å². The Hall–Kier alpha value is -0.390. The van der Waals surface area contributed by atoms with E-state index in [0.717, 1.165) is 10.8 Å². The molecule has 5 heteroatoms. The monoisotopic (exact) mass is 322 g/mol. The molecule has 0 fully saturated rings. The lowest BCUT2D eigenvalue weighted by Crippen LogP contribution is -2.02. The summed E-state index contributed by atoms with van der Waals surface area (Å²) < 4.78 is 11.5. The fraction of sp³-hybridized carbons (Fsp3) is 0.222. The lowest BCUT2D eigenvalue weighted by molar-refractivity contribution is 0.0500. The molecule has 3 nitrogen and oxygen atoms in total. The lowest BCUT2D eigenvalue weighted by atomic mass is 10.2. The van der Waals surface area contributed by atoms with Crippen molar-refractivity contribution < 1.29 is 14.3 Å². The van der Waals surface area contributed by atoms with Crippen LogP contribution in [0.3, 0.4) is 0 Å². The van der Waals surface area contributed by atoms with E-state index in [0.29, 0.717) is 15.8 Å². The van der Waals surface area contributed by atoms with Gasteiger partial charge in [0.15, 0.2) is 13.1 Å². The highest BCUT2D eigenvalue weighted by molar-refractivity contribution is 9.11. The van der Waals surface area contributed by atoms with Crippen molar-refractivity contribution in [2.45, 2.75) is 0 Å². The number of methoxy groups -OCH3 is 1. The van der Waals surface area contributed by atoms with Crippen molar-refractivity contribution in [3.63, 3.8) is 0 Å². The van der Waals surface area contributed by atoms with Crippen LogP contribution in [0.4, 0.5) is 0 Å². The third-order valence-corrected chi connectivity index (χ3v) is 2.53. The summed E-state index contributed by atoms with van der Waals surface area (Å²) in [4.78, 5) is 10.7. The number of carbonyl (C=O) groups excluding carboxylic acids is 1. The van der Waals surface area contributed by atoms with Gasteiger partial charge in [0.1, 0.15) is 5.75 Å². The van der Waals surface area contributed by atoms with Gasteiger partial charge < -0.3 is 9.47 Å². The molecule has 76 valence electrons. The van der Waals surface area contributed by atoms with Gasteiger partial charge >= 0.3 is 0 Å². The number of aldehydes is 1. The average molecular weight is 324 g/mol. The van der Waals surface area contributed by atoms with Gasteiger partial charge in [-0.05, 0) is 28.1 Å². The maximum Gasteiger partial charge on any atom is 0.188 e. The highest BCUT2D eigenvalue weighted by Gasteiger charge is 2.09. The quantitative estimate of drug-likeness (QED) is 0.631. The van der Waals surface area contributed by atoms with E-state index in [1.165, 1.54) is 7.11 Å². The first-order valence-electron chi connectivity index (χ1n) is 3.75. The number of ether oxygens (including phenoxy) is 2. The number of rotatable bonds is 4. The van der Waals surface area contributed by atoms with E-state index in [1.54, 1.807) is 12.1 Å². The van der Waals surface area contributed by atoms with Crippen LogP contribution in [0.25, 0.3) is 0 Å². The van der Waals surface area contributed by atoms with Crippen molar-refractivity contribution >= 4 is 38.1 Å². The second-order valence-corrected chi connectivity index (χ2v) is 4.24. The van der Waals surface area contributed by atoms with Crippen LogP contribution in [0.2, 0.25) is 0 Å². The Balaban J connectivity index is 3.05. The van der Waals surface area contributed by atoms with Gasteiger partial charge in [0, 0.05) is 11.6 Å². The Morgan fingerprint density at radius 2 is 2.14 bits per heavy atom. The molecule has 1 aromatic carbocycles. The SMILES string of the molecule is COCOc1c(Br)cc(Br)cc1C=O. The minimum atomic E-state index is 0.112. The van der Waals surface area contributed by atoms with Crippen LogP contribution in [0.1, 0.15) is 10.4 Å². The zero-order valence-corrected chi connectivity index (χ0v) is 10.6. The maximum absolute atomic E-state index is 10.7. The summed E-state index contributed by atoms with van der Waals surface area (Å²) in [5.41, 5.74) is 0.475. The second kappa shape index (κ2) is 5.48. The van der Waals surface area contributed by atoms with Gasteiger partial charge in [-0.15, -0.1) is 0 Å². The van der Waals surface area contributed by atoms with Crippen LogP contribution in [0, 0.1) is 0 Å². The molecule has 0 aliphatic rings. The zero-order valence-electron chi connectivity index (χ0n) is 7.42. The maximum atomic E-state index is 10.7. The van der Waals surface area contributed by atoms with Crippen LogP contribution in [0.5, 0.6) is 5.75 Å². The Morgan fingerprint density at radius 3 is 2.71 bits per heavy atom. The molecule has 1 rings (SSSR count). The van der Waals surface area contributed by atoms with Crippen molar-refractivity contribution in [3.05, 3.63) is 26.6 Å². The predicted molar refractivity (Wildman–Crippen MR) is 59.7 cm³/mol. The van der Waals surface area contributed by atoms with Gasteiger partial charge in [-0.1, -0.05) is 15.9 Å². The molecule has 0 aliphatic carbocycles. The first-order valence-corrected chi connectivity index (χ1v) is 5.33. The fourth-order valence-electron chi connectivity index (χ4n) is 0.938. The standard InChI is InChI=1S/C9H8Br2O3/c1-13-5-14-9-6(4-12)2-7(10)3-8(9)11/h2-4H,5H2,1H3. The van der Waals surface area contributed by atoms with Crippen molar-refractivity contribution in [3.8, 4) is 5.75 Å². The van der Waals surface area contributed by atoms with Crippen molar-refractivity contribution in [2.24, 2.45) is 0 Å². The predicted octanol–water partition coefficient (Wildman–Crippen LogP) is 3.01. The van der Waals surface area contributed by atoms with Crippen LogP contribution >= 0.6 is 31.9 Å². The molecule has 0 amide bonds. The number of benzene rings is 1. The van der Waals surface area contributed by atoms with Crippen LogP contribution in [-0.2, 0) is 4.74 Å². The van der Waals surface area contributed by atoms with E-state index in [9.17, 15) is 4.79 Å². The molecular formula is C9H8Br2O3. The molecule has 0 N–H and O–H groups in total. The summed E-state index contributed by atoms with van der Waals surface area (Å²) >= 11 is 6.58. The van der Waals surface area contributed by atoms with Crippen molar-refractivity contribution in [1.82, 2.24) is 0 Å². The molecule has 14 heavy (non-hydrogen) atoms. The normalized spacial score (nSPS) is 9.93. The fourth-order valence-corrected chi connectivity index (χ4v) is 2.31. The summed E-state index contributed by atoms with van der Waals surface area (Å²) in [5.74, 6) is 0.491. The second-order valence-electron chi connectivity index (χ2n) is 2.47. The van der Waals surface area contributed by atoms with Crippen molar-refractivity contribution in [1.29, 1.82) is 0 Å². The first-order chi connectivity index (χ1) is 6.69. The Bertz CT molecular complexity index is 339. The summed E-state index contributed by atoms with van der Waals surface area (Å²) in [7, 11) is 1.52. The molecule has 0 aromatic heterocycles. The molecule has 0 spiro atoms. The third kappa shape index (κ3) is 2.80. The smallest absolute Gasteiger partial charge is 0.188 e. The first kappa shape index (κ1) is 11.7. The average Bonchev–Trinajstić information content (AvgIpc) is 2.15. The minimum absolute atomic E-state index is 0.112. The number of carbonyl (C=O) groups is 1. The molecule has 0 bridgehead atoms. The minimum Gasteiger partial charge on any atom is -0.466 e. The topological polar surface area (TPSA) is 35.5 Å². The molecular weight excluding hydrogens is 316 g/mol. The molecule has 0 atom stereocenters. The van der Waals surface area contributed by atoms with Gasteiger partial charge in [0.2, 0.25) is 0 Å². The number of halogens is 2. The van der Waals surface area contributed by atoms with Crippen LogP contribution in [-0.4, -0.2) is 20.2 Å². The lowest BCUT2D eigenvalue weighted by Gasteiger charge is -2.09. The van der Waals surface area contributed by atoms with Gasteiger partial charge in [-0.2, -0.15) is 0 Å². The summed E-state index contributed by atoms with van der Waals surface area (Å²) in [5, 5.41) is 0. The summed E-state index contributed by atoms with van der Waals surface area (Å²) in [6.45, 7) is 0.112. The Morgan fingerprint density at radius 1 is 1.43 bits per heavy atom. The summed E-state index contributed by atoms with van der Waals surface area (Å²) in [6.07, 6.45) is 0.737. The Kier molecular flexibility index (Phi) is 4.57. The molecule has 0 saturated heterocycles.